The van der Waals surface area contributed by atoms with Crippen molar-refractivity contribution >= 4 is 39.3 Å². The van der Waals surface area contributed by atoms with E-state index < -0.39 is 35.2 Å². The van der Waals surface area contributed by atoms with Crippen molar-refractivity contribution in [3.05, 3.63) is 99.3 Å². The summed E-state index contributed by atoms with van der Waals surface area (Å²) in [5, 5.41) is 0. The van der Waals surface area contributed by atoms with Crippen molar-refractivity contribution in [2.24, 2.45) is 0 Å². The van der Waals surface area contributed by atoms with Gasteiger partial charge in [-0.15, -0.1) is 0 Å². The van der Waals surface area contributed by atoms with E-state index in [9.17, 15) is 27.6 Å². The van der Waals surface area contributed by atoms with Crippen LogP contribution >= 0.6 is 15.9 Å². The summed E-state index contributed by atoms with van der Waals surface area (Å²) in [6.45, 7) is 0.0625. The zero-order valence-corrected chi connectivity index (χ0v) is 19.3. The highest BCUT2D eigenvalue weighted by Gasteiger charge is 2.34. The van der Waals surface area contributed by atoms with Gasteiger partial charge in [0.25, 0.3) is 17.7 Å². The molecule has 1 aliphatic rings. The molecule has 0 saturated carbocycles. The first-order chi connectivity index (χ1) is 16.3. The van der Waals surface area contributed by atoms with Crippen LogP contribution in [0.2, 0.25) is 0 Å². The van der Waals surface area contributed by atoms with Crippen LogP contribution in [0, 0.1) is 17.5 Å². The van der Waals surface area contributed by atoms with Gasteiger partial charge in [-0.25, -0.2) is 13.2 Å². The number of carbonyl (C=O) groups is 3. The number of amides is 3. The fourth-order valence-electron chi connectivity index (χ4n) is 3.82. The molecule has 0 saturated heterocycles. The molecule has 174 valence electrons. The van der Waals surface area contributed by atoms with Gasteiger partial charge in [0.1, 0.15) is 17.5 Å². The van der Waals surface area contributed by atoms with Crippen molar-refractivity contribution in [2.45, 2.75) is 12.8 Å². The van der Waals surface area contributed by atoms with Gasteiger partial charge in [-0.1, -0.05) is 28.1 Å². The molecule has 4 rings (SSSR count). The Morgan fingerprint density at radius 3 is 2.15 bits per heavy atom. The lowest BCUT2D eigenvalue weighted by atomic mass is 10.1. The molecule has 9 heteroatoms. The minimum absolute atomic E-state index is 0.0416. The fraction of sp³-hybridized carbons (Fsp3) is 0.160. The van der Waals surface area contributed by atoms with Crippen LogP contribution in [0.1, 0.15) is 43.9 Å². The number of unbranched alkanes of at least 4 members (excludes halogenated alkanes) is 1. The summed E-state index contributed by atoms with van der Waals surface area (Å²) >= 11 is 3.12. The molecule has 0 fully saturated rings. The zero-order chi connectivity index (χ0) is 24.4. The number of rotatable bonds is 7. The first-order valence-corrected chi connectivity index (χ1v) is 11.2. The number of imide groups is 1. The number of halogens is 4. The van der Waals surface area contributed by atoms with Gasteiger partial charge in [0.15, 0.2) is 0 Å². The van der Waals surface area contributed by atoms with Gasteiger partial charge in [0.05, 0.1) is 22.4 Å². The summed E-state index contributed by atoms with van der Waals surface area (Å²) in [5.41, 5.74) is 0.202. The number of nitrogens with zero attached hydrogens (tertiary/aromatic N) is 2. The third kappa shape index (κ3) is 4.61. The third-order valence-electron chi connectivity index (χ3n) is 5.50. The predicted octanol–water partition coefficient (Wildman–Crippen LogP) is 5.59. The second-order valence-corrected chi connectivity index (χ2v) is 8.61. The van der Waals surface area contributed by atoms with Gasteiger partial charge >= 0.3 is 0 Å². The van der Waals surface area contributed by atoms with Gasteiger partial charge in [-0.05, 0) is 55.3 Å². The number of anilines is 1. The van der Waals surface area contributed by atoms with Crippen LogP contribution in [0.4, 0.5) is 18.9 Å². The van der Waals surface area contributed by atoms with Crippen molar-refractivity contribution in [3.63, 3.8) is 0 Å². The third-order valence-corrected chi connectivity index (χ3v) is 5.99. The standard InChI is InChI=1S/C25H18BrF3N2O3/c26-15-7-9-19(20(28)13-15)25(34)30(22-10-8-16(27)14-21(22)29)11-3-4-12-31-23(32)17-5-1-2-6-18(17)24(31)33/h1-2,5-10,13-14H,3-4,11-12H2. The molecule has 0 aliphatic carbocycles. The van der Waals surface area contributed by atoms with Gasteiger partial charge < -0.3 is 4.90 Å². The topological polar surface area (TPSA) is 57.7 Å². The molecule has 0 radical (unpaired) electrons. The van der Waals surface area contributed by atoms with E-state index >= 15 is 0 Å². The Bertz CT molecular complexity index is 1260. The summed E-state index contributed by atoms with van der Waals surface area (Å²) in [6.07, 6.45) is 0.592. The van der Waals surface area contributed by atoms with Crippen molar-refractivity contribution in [1.29, 1.82) is 0 Å². The fourth-order valence-corrected chi connectivity index (χ4v) is 4.16. The average Bonchev–Trinajstić information content (AvgIpc) is 3.04. The van der Waals surface area contributed by atoms with Crippen molar-refractivity contribution in [1.82, 2.24) is 4.90 Å². The van der Waals surface area contributed by atoms with Gasteiger partial charge in [0, 0.05) is 23.6 Å². The lowest BCUT2D eigenvalue weighted by Gasteiger charge is -2.24. The van der Waals surface area contributed by atoms with Crippen LogP contribution in [0.3, 0.4) is 0 Å². The molecule has 3 amide bonds. The highest BCUT2D eigenvalue weighted by molar-refractivity contribution is 9.10. The summed E-state index contributed by atoms with van der Waals surface area (Å²) in [6, 6.07) is 13.2. The summed E-state index contributed by atoms with van der Waals surface area (Å²) in [7, 11) is 0. The van der Waals surface area contributed by atoms with Crippen LogP contribution in [0.5, 0.6) is 0 Å². The molecule has 3 aromatic carbocycles. The van der Waals surface area contributed by atoms with E-state index in [1.165, 1.54) is 12.1 Å². The monoisotopic (exact) mass is 530 g/mol. The Morgan fingerprint density at radius 2 is 1.53 bits per heavy atom. The highest BCUT2D eigenvalue weighted by atomic mass is 79.9. The lowest BCUT2D eigenvalue weighted by molar-refractivity contribution is 0.0651. The van der Waals surface area contributed by atoms with Crippen molar-refractivity contribution < 1.29 is 27.6 Å². The quantitative estimate of drug-likeness (QED) is 0.295. The van der Waals surface area contributed by atoms with Crippen LogP contribution < -0.4 is 4.90 Å². The number of hydrogen-bond acceptors (Lipinski definition) is 3. The Kier molecular flexibility index (Phi) is 6.83. The van der Waals surface area contributed by atoms with E-state index in [2.05, 4.69) is 15.9 Å². The zero-order valence-electron chi connectivity index (χ0n) is 17.7. The van der Waals surface area contributed by atoms with E-state index in [-0.39, 0.29) is 30.8 Å². The smallest absolute Gasteiger partial charge is 0.261 e. The van der Waals surface area contributed by atoms with E-state index in [4.69, 9.17) is 0 Å². The molecule has 0 spiro atoms. The normalized spacial score (nSPS) is 12.8. The Labute approximate surface area is 201 Å². The summed E-state index contributed by atoms with van der Waals surface area (Å²) in [4.78, 5) is 40.3. The second kappa shape index (κ2) is 9.80. The van der Waals surface area contributed by atoms with E-state index in [1.54, 1.807) is 24.3 Å². The molecule has 0 unspecified atom stereocenters. The van der Waals surface area contributed by atoms with Crippen molar-refractivity contribution in [3.8, 4) is 0 Å². The number of hydrogen-bond donors (Lipinski definition) is 0. The number of carbonyl (C=O) groups excluding carboxylic acids is 3. The van der Waals surface area contributed by atoms with Crippen LogP contribution in [-0.2, 0) is 0 Å². The van der Waals surface area contributed by atoms with Crippen molar-refractivity contribution in [2.75, 3.05) is 18.0 Å². The lowest BCUT2D eigenvalue weighted by Crippen LogP contribution is -2.35. The van der Waals surface area contributed by atoms with E-state index in [0.29, 0.717) is 28.1 Å². The van der Waals surface area contributed by atoms with Crippen LogP contribution in [0.25, 0.3) is 0 Å². The molecule has 34 heavy (non-hydrogen) atoms. The molecule has 0 bridgehead atoms. The molecule has 0 aromatic heterocycles. The summed E-state index contributed by atoms with van der Waals surface area (Å²) in [5.74, 6) is -4.15. The Morgan fingerprint density at radius 1 is 0.853 bits per heavy atom. The number of benzene rings is 3. The molecule has 1 aliphatic heterocycles. The maximum absolute atomic E-state index is 14.5. The maximum atomic E-state index is 14.5. The number of fused-ring (bicyclic) bond motifs is 1. The summed E-state index contributed by atoms with van der Waals surface area (Å²) < 4.78 is 42.8. The van der Waals surface area contributed by atoms with Gasteiger partial charge in [-0.3, -0.25) is 19.3 Å². The first kappa shape index (κ1) is 23.7. The second-order valence-electron chi connectivity index (χ2n) is 7.69. The Balaban J connectivity index is 1.50. The Hall–Kier alpha value is -3.46. The molecule has 0 N–H and O–H groups in total. The van der Waals surface area contributed by atoms with Crippen LogP contribution in [-0.4, -0.2) is 35.7 Å². The molecular weight excluding hydrogens is 513 g/mol. The molecule has 5 nitrogen and oxygen atoms in total. The average molecular weight is 531 g/mol. The van der Waals surface area contributed by atoms with Crippen LogP contribution in [0.15, 0.2) is 65.1 Å². The maximum Gasteiger partial charge on any atom is 0.261 e. The van der Waals surface area contributed by atoms with Gasteiger partial charge in [0.2, 0.25) is 0 Å². The SMILES string of the molecule is O=C1c2ccccc2C(=O)N1CCCCN(C(=O)c1ccc(Br)cc1F)c1ccc(F)cc1F. The first-order valence-electron chi connectivity index (χ1n) is 10.4. The molecule has 3 aromatic rings. The minimum atomic E-state index is -0.966. The largest absolute Gasteiger partial charge is 0.305 e. The molecular formula is C25H18BrF3N2O3. The van der Waals surface area contributed by atoms with E-state index in [0.717, 1.165) is 28.0 Å². The molecule has 1 heterocycles. The predicted molar refractivity (Wildman–Crippen MR) is 123 cm³/mol. The van der Waals surface area contributed by atoms with Gasteiger partial charge in [-0.2, -0.15) is 0 Å². The minimum Gasteiger partial charge on any atom is -0.305 e. The van der Waals surface area contributed by atoms with E-state index in [1.807, 2.05) is 0 Å². The highest BCUT2D eigenvalue weighted by Crippen LogP contribution is 2.26. The molecule has 0 atom stereocenters.